The Balaban J connectivity index is 1.78. The number of halogens is 1. The first-order valence-corrected chi connectivity index (χ1v) is 8.24. The average Bonchev–Trinajstić information content (AvgIpc) is 2.61. The minimum atomic E-state index is 0.408. The lowest BCUT2D eigenvalue weighted by molar-refractivity contribution is 0.236. The summed E-state index contributed by atoms with van der Waals surface area (Å²) in [6.07, 6.45) is 3.62. The van der Waals surface area contributed by atoms with Crippen molar-refractivity contribution in [1.82, 2.24) is 9.88 Å². The smallest absolute Gasteiger partial charge is 0.302 e. The van der Waals surface area contributed by atoms with Crippen molar-refractivity contribution in [3.8, 4) is 6.19 Å². The second-order valence-electron chi connectivity index (χ2n) is 5.39. The van der Waals surface area contributed by atoms with Gasteiger partial charge in [-0.25, -0.2) is 0 Å². The third kappa shape index (κ3) is 3.36. The molecule has 0 aliphatic carbocycles. The van der Waals surface area contributed by atoms with Crippen molar-refractivity contribution in [3.05, 3.63) is 35.5 Å². The van der Waals surface area contributed by atoms with Crippen molar-refractivity contribution < 1.29 is 4.74 Å². The number of piperazine rings is 1. The molecule has 2 heterocycles. The average molecular weight is 344 g/mol. The van der Waals surface area contributed by atoms with E-state index in [1.807, 2.05) is 48.5 Å². The van der Waals surface area contributed by atoms with Gasteiger partial charge >= 0.3 is 6.02 Å². The number of rotatable bonds is 2. The molecule has 0 atom stereocenters. The Morgan fingerprint density at radius 1 is 1.33 bits per heavy atom. The minimum absolute atomic E-state index is 0.408. The normalized spacial score (nSPS) is 15.5. The van der Waals surface area contributed by atoms with Gasteiger partial charge in [0.25, 0.3) is 0 Å². The monoisotopic (exact) mass is 343 g/mol. The summed E-state index contributed by atoms with van der Waals surface area (Å²) in [4.78, 5) is 12.5. The van der Waals surface area contributed by atoms with Crippen molar-refractivity contribution in [1.29, 1.82) is 5.26 Å². The summed E-state index contributed by atoms with van der Waals surface area (Å²) in [5.41, 5.74) is 2.04. The van der Waals surface area contributed by atoms with Gasteiger partial charge in [0.05, 0.1) is 12.1 Å². The van der Waals surface area contributed by atoms with Crippen LogP contribution in [-0.2, 0) is 4.74 Å². The first-order chi connectivity index (χ1) is 11.7. The van der Waals surface area contributed by atoms with Gasteiger partial charge in [-0.2, -0.15) is 5.26 Å². The highest BCUT2D eigenvalue weighted by atomic mass is 35.5. The second kappa shape index (κ2) is 7.37. The summed E-state index contributed by atoms with van der Waals surface area (Å²) in [6, 6.07) is 8.21. The number of hydrogen-bond acceptors (Lipinski definition) is 5. The van der Waals surface area contributed by atoms with Crippen LogP contribution in [0.1, 0.15) is 6.92 Å². The molecule has 1 fully saturated rings. The van der Waals surface area contributed by atoms with E-state index in [2.05, 4.69) is 14.9 Å². The minimum Gasteiger partial charge on any atom is -0.465 e. The molecule has 0 N–H and O–H groups in total. The van der Waals surface area contributed by atoms with Crippen LogP contribution < -0.4 is 4.90 Å². The molecule has 1 saturated heterocycles. The van der Waals surface area contributed by atoms with E-state index in [0.717, 1.165) is 42.8 Å². The molecule has 6 nitrogen and oxygen atoms in total. The van der Waals surface area contributed by atoms with Crippen molar-refractivity contribution in [2.45, 2.75) is 6.92 Å². The Morgan fingerprint density at radius 3 is 2.83 bits per heavy atom. The first-order valence-electron chi connectivity index (χ1n) is 7.86. The lowest BCUT2D eigenvalue weighted by Gasteiger charge is -2.37. The fraction of sp³-hybridized carbons (Fsp3) is 0.353. The Morgan fingerprint density at radius 2 is 2.12 bits per heavy atom. The standard InChI is InChI=1S/C17H18ClN5O/c1-2-24-17(21-12-19)23-9-7-22(8-10-23)16-5-6-20-15-11-13(18)3-4-14(15)16/h3-6,11H,2,7-10H2,1H3/b21-17-. The van der Waals surface area contributed by atoms with Crippen LogP contribution in [0, 0.1) is 11.5 Å². The number of ether oxygens (including phenoxy) is 1. The molecule has 0 amide bonds. The second-order valence-corrected chi connectivity index (χ2v) is 5.83. The highest BCUT2D eigenvalue weighted by Crippen LogP contribution is 2.28. The maximum atomic E-state index is 8.79. The number of aromatic nitrogens is 1. The Kier molecular flexibility index (Phi) is 5.02. The predicted octanol–water partition coefficient (Wildman–Crippen LogP) is 2.88. The number of pyridine rings is 1. The molecule has 1 aliphatic rings. The Hall–Kier alpha value is -2.52. The molecule has 124 valence electrons. The van der Waals surface area contributed by atoms with Gasteiger partial charge in [-0.1, -0.05) is 11.6 Å². The van der Waals surface area contributed by atoms with Crippen molar-refractivity contribution in [3.63, 3.8) is 0 Å². The zero-order valence-electron chi connectivity index (χ0n) is 13.4. The zero-order valence-corrected chi connectivity index (χ0v) is 14.2. The van der Waals surface area contributed by atoms with Gasteiger partial charge in [0, 0.05) is 48.5 Å². The van der Waals surface area contributed by atoms with E-state index in [0.29, 0.717) is 17.7 Å². The number of benzene rings is 1. The number of hydrogen-bond donors (Lipinski definition) is 0. The number of nitrogens with zero attached hydrogens (tertiary/aromatic N) is 5. The van der Waals surface area contributed by atoms with Crippen LogP contribution in [-0.4, -0.2) is 48.7 Å². The fourth-order valence-corrected chi connectivity index (χ4v) is 3.05. The molecule has 0 bridgehead atoms. The van der Waals surface area contributed by atoms with Crippen LogP contribution in [0.25, 0.3) is 10.9 Å². The van der Waals surface area contributed by atoms with E-state index in [9.17, 15) is 0 Å². The van der Waals surface area contributed by atoms with Gasteiger partial charge in [0.2, 0.25) is 6.19 Å². The van der Waals surface area contributed by atoms with Crippen LogP contribution in [0.3, 0.4) is 0 Å². The zero-order chi connectivity index (χ0) is 16.9. The van der Waals surface area contributed by atoms with Crippen LogP contribution in [0.15, 0.2) is 35.5 Å². The summed E-state index contributed by atoms with van der Waals surface area (Å²) >= 11 is 6.06. The highest BCUT2D eigenvalue weighted by Gasteiger charge is 2.22. The van der Waals surface area contributed by atoms with Gasteiger partial charge in [0.15, 0.2) is 0 Å². The largest absolute Gasteiger partial charge is 0.465 e. The summed E-state index contributed by atoms with van der Waals surface area (Å²) < 4.78 is 5.46. The molecule has 24 heavy (non-hydrogen) atoms. The number of anilines is 1. The van der Waals surface area contributed by atoms with Crippen molar-refractivity contribution in [2.75, 3.05) is 37.7 Å². The van der Waals surface area contributed by atoms with Gasteiger partial charge in [0.1, 0.15) is 0 Å². The third-order valence-electron chi connectivity index (χ3n) is 3.99. The quantitative estimate of drug-likeness (QED) is 0.476. The summed E-state index contributed by atoms with van der Waals surface area (Å²) in [7, 11) is 0. The molecule has 0 saturated carbocycles. The maximum Gasteiger partial charge on any atom is 0.302 e. The molecular formula is C17H18ClN5O. The highest BCUT2D eigenvalue weighted by molar-refractivity contribution is 6.31. The lowest BCUT2D eigenvalue weighted by Crippen LogP contribution is -2.49. The van der Waals surface area contributed by atoms with Crippen LogP contribution in [0.5, 0.6) is 0 Å². The molecule has 0 spiro atoms. The molecule has 3 rings (SSSR count). The van der Waals surface area contributed by atoms with Gasteiger partial charge in [-0.3, -0.25) is 4.98 Å². The van der Waals surface area contributed by atoms with E-state index >= 15 is 0 Å². The fourth-order valence-electron chi connectivity index (χ4n) is 2.89. The number of fused-ring (bicyclic) bond motifs is 1. The number of amidine groups is 1. The Labute approximate surface area is 145 Å². The van der Waals surface area contributed by atoms with Gasteiger partial charge in [-0.05, 0) is 31.2 Å². The van der Waals surface area contributed by atoms with E-state index in [1.165, 1.54) is 0 Å². The van der Waals surface area contributed by atoms with Gasteiger partial charge in [-0.15, -0.1) is 4.99 Å². The number of nitriles is 1. The van der Waals surface area contributed by atoms with Crippen LogP contribution in [0.2, 0.25) is 5.02 Å². The summed E-state index contributed by atoms with van der Waals surface area (Å²) in [5.74, 6) is 0. The topological polar surface area (TPSA) is 64.8 Å². The summed E-state index contributed by atoms with van der Waals surface area (Å²) in [6.45, 7) is 5.52. The molecule has 1 aliphatic heterocycles. The van der Waals surface area contributed by atoms with Crippen LogP contribution in [0.4, 0.5) is 5.69 Å². The van der Waals surface area contributed by atoms with E-state index in [1.54, 1.807) is 0 Å². The molecule has 7 heteroatoms. The molecule has 1 aromatic heterocycles. The van der Waals surface area contributed by atoms with E-state index in [-0.39, 0.29) is 0 Å². The summed E-state index contributed by atoms with van der Waals surface area (Å²) in [5, 5.41) is 10.6. The van der Waals surface area contributed by atoms with E-state index in [4.69, 9.17) is 21.6 Å². The SMILES string of the molecule is CCO/C(=N\C#N)N1CCN(c2ccnc3cc(Cl)ccc23)CC1. The maximum absolute atomic E-state index is 8.79. The number of aliphatic imine (C=N–C) groups is 1. The molecule has 2 aromatic rings. The van der Waals surface area contributed by atoms with Gasteiger partial charge < -0.3 is 14.5 Å². The Bertz CT molecular complexity index is 793. The first kappa shape index (κ1) is 16.3. The van der Waals surface area contributed by atoms with Crippen molar-refractivity contribution >= 4 is 34.2 Å². The van der Waals surface area contributed by atoms with Crippen molar-refractivity contribution in [2.24, 2.45) is 4.99 Å². The van der Waals surface area contributed by atoms with E-state index < -0.39 is 0 Å². The molecule has 0 radical (unpaired) electrons. The predicted molar refractivity (Wildman–Crippen MR) is 95.2 cm³/mol. The molecule has 1 aromatic carbocycles. The van der Waals surface area contributed by atoms with Crippen LogP contribution >= 0.6 is 11.6 Å². The molecule has 0 unspecified atom stereocenters. The molecular weight excluding hydrogens is 326 g/mol. The lowest BCUT2D eigenvalue weighted by atomic mass is 10.1. The third-order valence-corrected chi connectivity index (χ3v) is 4.23.